The molecule has 29 heavy (non-hydrogen) atoms. The number of hydrogen-bond donors (Lipinski definition) is 3. The molecule has 0 spiro atoms. The van der Waals surface area contributed by atoms with E-state index < -0.39 is 23.5 Å². The second-order valence-corrected chi connectivity index (χ2v) is 5.91. The van der Waals surface area contributed by atoms with Crippen LogP contribution in [0.1, 0.15) is 34.0 Å². The van der Waals surface area contributed by atoms with E-state index in [1.54, 1.807) is 24.3 Å². The molecular formula is C19H21F4IN4O. The second kappa shape index (κ2) is 11.0. The third kappa shape index (κ3) is 7.52. The van der Waals surface area contributed by atoms with Crippen molar-refractivity contribution in [2.24, 2.45) is 10.7 Å². The highest BCUT2D eigenvalue weighted by Crippen LogP contribution is 2.32. The van der Waals surface area contributed by atoms with E-state index in [1.807, 2.05) is 6.92 Å². The van der Waals surface area contributed by atoms with Gasteiger partial charge in [-0.15, -0.1) is 24.0 Å². The molecule has 158 valence electrons. The number of hydrogen-bond acceptors (Lipinski definition) is 2. The quantitative estimate of drug-likeness (QED) is 0.233. The summed E-state index contributed by atoms with van der Waals surface area (Å²) < 4.78 is 52.5. The molecule has 10 heteroatoms. The fourth-order valence-corrected chi connectivity index (χ4v) is 2.48. The van der Waals surface area contributed by atoms with Crippen molar-refractivity contribution in [3.05, 3.63) is 70.5 Å². The van der Waals surface area contributed by atoms with Gasteiger partial charge in [0, 0.05) is 18.7 Å². The Morgan fingerprint density at radius 1 is 1.14 bits per heavy atom. The minimum absolute atomic E-state index is 0. The molecule has 0 aliphatic heterocycles. The first-order chi connectivity index (χ1) is 13.2. The van der Waals surface area contributed by atoms with Gasteiger partial charge in [0.15, 0.2) is 5.96 Å². The Morgan fingerprint density at radius 2 is 1.86 bits per heavy atom. The molecule has 0 atom stereocenters. The van der Waals surface area contributed by atoms with Gasteiger partial charge in [-0.3, -0.25) is 4.79 Å². The Kier molecular flexibility index (Phi) is 9.34. The van der Waals surface area contributed by atoms with Gasteiger partial charge in [-0.25, -0.2) is 9.38 Å². The summed E-state index contributed by atoms with van der Waals surface area (Å²) in [7, 11) is 0. The van der Waals surface area contributed by atoms with Crippen molar-refractivity contribution in [2.75, 3.05) is 6.54 Å². The van der Waals surface area contributed by atoms with Crippen LogP contribution in [0.15, 0.2) is 47.5 Å². The number of amides is 1. The molecule has 2 aromatic rings. The van der Waals surface area contributed by atoms with Crippen LogP contribution in [-0.4, -0.2) is 18.4 Å². The number of guanidine groups is 1. The largest absolute Gasteiger partial charge is 0.416 e. The molecule has 2 rings (SSSR count). The van der Waals surface area contributed by atoms with Gasteiger partial charge < -0.3 is 16.4 Å². The van der Waals surface area contributed by atoms with Crippen molar-refractivity contribution in [2.45, 2.75) is 26.2 Å². The zero-order valence-corrected chi connectivity index (χ0v) is 17.8. The third-order valence-electron chi connectivity index (χ3n) is 3.80. The Bertz CT molecular complexity index is 872. The van der Waals surface area contributed by atoms with Gasteiger partial charge in [0.05, 0.1) is 12.1 Å². The van der Waals surface area contributed by atoms with E-state index in [0.717, 1.165) is 12.1 Å². The van der Waals surface area contributed by atoms with E-state index in [1.165, 1.54) is 0 Å². The number of nitrogens with zero attached hydrogens (tertiary/aromatic N) is 1. The van der Waals surface area contributed by atoms with Crippen molar-refractivity contribution in [1.29, 1.82) is 0 Å². The number of primary amides is 1. The predicted molar refractivity (Wildman–Crippen MR) is 113 cm³/mol. The third-order valence-corrected chi connectivity index (χ3v) is 3.80. The van der Waals surface area contributed by atoms with Crippen LogP contribution in [0.4, 0.5) is 17.6 Å². The van der Waals surface area contributed by atoms with Crippen LogP contribution in [0.2, 0.25) is 0 Å². The molecule has 0 radical (unpaired) electrons. The minimum Gasteiger partial charge on any atom is -0.366 e. The zero-order chi connectivity index (χ0) is 20.7. The van der Waals surface area contributed by atoms with Gasteiger partial charge in [0.1, 0.15) is 5.82 Å². The molecular weight excluding hydrogens is 503 g/mol. The fraction of sp³-hybridized carbons (Fsp3) is 0.263. The van der Waals surface area contributed by atoms with Crippen LogP contribution < -0.4 is 16.4 Å². The van der Waals surface area contributed by atoms with Crippen LogP contribution in [0.5, 0.6) is 0 Å². The first-order valence-corrected chi connectivity index (χ1v) is 8.47. The van der Waals surface area contributed by atoms with E-state index in [9.17, 15) is 22.4 Å². The molecule has 0 aliphatic carbocycles. The number of halogens is 5. The monoisotopic (exact) mass is 524 g/mol. The summed E-state index contributed by atoms with van der Waals surface area (Å²) in [5.41, 5.74) is 5.16. The van der Waals surface area contributed by atoms with Crippen molar-refractivity contribution in [1.82, 2.24) is 10.6 Å². The smallest absolute Gasteiger partial charge is 0.366 e. The molecule has 0 saturated carbocycles. The van der Waals surface area contributed by atoms with Gasteiger partial charge >= 0.3 is 6.18 Å². The van der Waals surface area contributed by atoms with Gasteiger partial charge in [-0.1, -0.05) is 18.2 Å². The minimum atomic E-state index is -4.66. The number of aliphatic imine (C=N–C) groups is 1. The zero-order valence-electron chi connectivity index (χ0n) is 15.5. The van der Waals surface area contributed by atoms with Crippen LogP contribution in [0.25, 0.3) is 0 Å². The Balaban J connectivity index is 0.00000420. The molecule has 0 heterocycles. The molecule has 0 bridgehead atoms. The van der Waals surface area contributed by atoms with Gasteiger partial charge in [-0.05, 0) is 42.3 Å². The highest BCUT2D eigenvalue weighted by atomic mass is 127. The summed E-state index contributed by atoms with van der Waals surface area (Å²) in [6.45, 7) is 2.29. The molecule has 0 fully saturated rings. The lowest BCUT2D eigenvalue weighted by Crippen LogP contribution is -2.37. The van der Waals surface area contributed by atoms with Crippen LogP contribution in [0.3, 0.4) is 0 Å². The lowest BCUT2D eigenvalue weighted by atomic mass is 10.1. The van der Waals surface area contributed by atoms with Crippen LogP contribution >= 0.6 is 24.0 Å². The predicted octanol–water partition coefficient (Wildman–Crippen LogP) is 3.82. The summed E-state index contributed by atoms with van der Waals surface area (Å²) in [5.74, 6) is -1.23. The number of carbonyl (C=O) groups excluding carboxylic acids is 1. The number of nitrogens with two attached hydrogens (primary N) is 1. The maximum absolute atomic E-state index is 13.2. The lowest BCUT2D eigenvalue weighted by molar-refractivity contribution is -0.138. The van der Waals surface area contributed by atoms with Crippen molar-refractivity contribution in [3.63, 3.8) is 0 Å². The number of alkyl halides is 3. The average molecular weight is 524 g/mol. The van der Waals surface area contributed by atoms with E-state index in [-0.39, 0.29) is 48.6 Å². The number of nitrogens with one attached hydrogen (secondary N) is 2. The molecule has 1 amide bonds. The topological polar surface area (TPSA) is 79.5 Å². The fourth-order valence-electron chi connectivity index (χ4n) is 2.48. The molecule has 2 aromatic carbocycles. The molecule has 4 N–H and O–H groups in total. The number of benzene rings is 2. The molecule has 0 aromatic heterocycles. The maximum Gasteiger partial charge on any atom is 0.416 e. The van der Waals surface area contributed by atoms with E-state index in [0.29, 0.717) is 23.7 Å². The number of carbonyl (C=O) groups is 1. The standard InChI is InChI=1S/C19H20F4N4O.HI/c1-2-25-18(26-10-12-4-3-5-13(8-12)17(24)28)27-11-14-6-7-15(20)9-16(14)19(21,22)23;/h3-9H,2,10-11H2,1H3,(H2,24,28)(H2,25,26,27);1H. The first kappa shape index (κ1) is 24.7. The molecule has 0 aliphatic rings. The highest BCUT2D eigenvalue weighted by molar-refractivity contribution is 14.0. The Hall–Kier alpha value is -2.37. The summed E-state index contributed by atoms with van der Waals surface area (Å²) >= 11 is 0. The van der Waals surface area contributed by atoms with Crippen molar-refractivity contribution in [3.8, 4) is 0 Å². The Morgan fingerprint density at radius 3 is 2.48 bits per heavy atom. The summed E-state index contributed by atoms with van der Waals surface area (Å²) in [5, 5.41) is 5.72. The van der Waals surface area contributed by atoms with Crippen molar-refractivity contribution < 1.29 is 22.4 Å². The van der Waals surface area contributed by atoms with Gasteiger partial charge in [0.25, 0.3) is 0 Å². The summed E-state index contributed by atoms with van der Waals surface area (Å²) in [6.07, 6.45) is -4.66. The van der Waals surface area contributed by atoms with E-state index >= 15 is 0 Å². The van der Waals surface area contributed by atoms with Crippen LogP contribution in [-0.2, 0) is 19.3 Å². The summed E-state index contributed by atoms with van der Waals surface area (Å²) in [4.78, 5) is 15.5. The maximum atomic E-state index is 13.2. The molecule has 0 saturated heterocycles. The summed E-state index contributed by atoms with van der Waals surface area (Å²) in [6, 6.07) is 9.12. The first-order valence-electron chi connectivity index (χ1n) is 8.47. The molecule has 0 unspecified atom stereocenters. The lowest BCUT2D eigenvalue weighted by Gasteiger charge is -2.16. The van der Waals surface area contributed by atoms with Gasteiger partial charge in [-0.2, -0.15) is 13.2 Å². The average Bonchev–Trinajstić information content (AvgIpc) is 2.64. The normalized spacial score (nSPS) is 11.6. The Labute approximate surface area is 182 Å². The molecule has 5 nitrogen and oxygen atoms in total. The van der Waals surface area contributed by atoms with Gasteiger partial charge in [0.2, 0.25) is 5.91 Å². The van der Waals surface area contributed by atoms with E-state index in [2.05, 4.69) is 15.6 Å². The SMILES string of the molecule is CCNC(=NCc1cccc(C(N)=O)c1)NCc1ccc(F)cc1C(F)(F)F.I. The van der Waals surface area contributed by atoms with Crippen molar-refractivity contribution >= 4 is 35.8 Å². The number of rotatable bonds is 6. The van der Waals surface area contributed by atoms with E-state index in [4.69, 9.17) is 5.73 Å². The van der Waals surface area contributed by atoms with Crippen LogP contribution in [0, 0.1) is 5.82 Å². The second-order valence-electron chi connectivity index (χ2n) is 5.91. The highest BCUT2D eigenvalue weighted by Gasteiger charge is 2.33.